The molecule has 2 atom stereocenters. The molecular weight excluding hydrogens is 424 g/mol. The summed E-state index contributed by atoms with van der Waals surface area (Å²) in [4.78, 5) is 22.4. The number of aromatic nitrogens is 2. The van der Waals surface area contributed by atoms with E-state index in [0.717, 1.165) is 55.2 Å². The number of rotatable bonds is 12. The smallest absolute Gasteiger partial charge is 0.316 e. The Bertz CT molecular complexity index is 887. The highest BCUT2D eigenvalue weighted by Gasteiger charge is 2.25. The van der Waals surface area contributed by atoms with E-state index in [9.17, 15) is 9.90 Å². The summed E-state index contributed by atoms with van der Waals surface area (Å²) in [6, 6.07) is 6.68. The van der Waals surface area contributed by atoms with E-state index in [0.29, 0.717) is 19.2 Å². The Balaban J connectivity index is 1.97. The van der Waals surface area contributed by atoms with Crippen molar-refractivity contribution in [3.8, 4) is 6.01 Å². The van der Waals surface area contributed by atoms with E-state index in [-0.39, 0.29) is 18.4 Å². The number of nitrogens with one attached hydrogen (secondary N) is 1. The Morgan fingerprint density at radius 2 is 1.97 bits per heavy atom. The van der Waals surface area contributed by atoms with Crippen molar-refractivity contribution in [1.82, 2.24) is 14.9 Å². The second-order valence-corrected chi connectivity index (χ2v) is 7.98. The number of ether oxygens (including phenoxy) is 3. The molecule has 2 aromatic rings. The fourth-order valence-electron chi connectivity index (χ4n) is 4.22. The fraction of sp³-hybridized carbons (Fsp3) is 0.542. The van der Waals surface area contributed by atoms with Crippen LogP contribution in [0.1, 0.15) is 49.8 Å². The molecule has 1 aromatic heterocycles. The van der Waals surface area contributed by atoms with Crippen LogP contribution in [0.2, 0.25) is 0 Å². The van der Waals surface area contributed by atoms with Crippen LogP contribution in [0, 0.1) is 0 Å². The van der Waals surface area contributed by atoms with Crippen molar-refractivity contribution in [2.75, 3.05) is 51.9 Å². The number of morpholine rings is 1. The molecule has 0 amide bonds. The van der Waals surface area contributed by atoms with Crippen LogP contribution in [-0.4, -0.2) is 72.6 Å². The van der Waals surface area contributed by atoms with Crippen LogP contribution in [-0.2, 0) is 14.3 Å². The van der Waals surface area contributed by atoms with Crippen LogP contribution in [0.15, 0.2) is 30.6 Å². The number of carboxylic acid groups (broad SMARTS) is 1. The first-order valence-corrected chi connectivity index (χ1v) is 11.4. The van der Waals surface area contributed by atoms with E-state index in [2.05, 4.69) is 33.2 Å². The van der Waals surface area contributed by atoms with E-state index in [1.807, 2.05) is 19.1 Å². The van der Waals surface area contributed by atoms with Crippen molar-refractivity contribution in [1.29, 1.82) is 0 Å². The molecule has 1 saturated heterocycles. The molecule has 0 aliphatic carbocycles. The van der Waals surface area contributed by atoms with E-state index >= 15 is 0 Å². The van der Waals surface area contributed by atoms with Gasteiger partial charge in [0, 0.05) is 37.8 Å². The molecule has 1 unspecified atom stereocenters. The molecule has 1 aromatic carbocycles. The van der Waals surface area contributed by atoms with Gasteiger partial charge in [-0.1, -0.05) is 19.1 Å². The van der Waals surface area contributed by atoms with Gasteiger partial charge in [-0.05, 0) is 30.5 Å². The van der Waals surface area contributed by atoms with E-state index in [1.165, 1.54) is 0 Å². The van der Waals surface area contributed by atoms with Crippen molar-refractivity contribution in [3.05, 3.63) is 41.7 Å². The first-order chi connectivity index (χ1) is 16.0. The summed E-state index contributed by atoms with van der Waals surface area (Å²) in [5, 5.41) is 12.8. The predicted octanol–water partition coefficient (Wildman–Crippen LogP) is 3.61. The Kier molecular flexibility index (Phi) is 9.41. The van der Waals surface area contributed by atoms with Crippen molar-refractivity contribution >= 4 is 17.3 Å². The molecule has 33 heavy (non-hydrogen) atoms. The summed E-state index contributed by atoms with van der Waals surface area (Å²) in [5.41, 5.74) is 3.69. The minimum Gasteiger partial charge on any atom is -0.481 e. The average Bonchev–Trinajstić information content (AvgIpc) is 2.82. The van der Waals surface area contributed by atoms with Gasteiger partial charge in [0.2, 0.25) is 0 Å². The standard InChI is InChI=1S/C24H34N4O5/c1-4-22(28-8-10-32-11-9-28)20-7-6-17(18(16-31-3)13-23(29)30)12-21(20)27-19-14-25-24(26-15-19)33-5-2/h6-7,12,14-15,18,22,27H,4-5,8-11,13,16H2,1-3H3,(H,29,30)/t18?,22-/m0/s1. The molecule has 9 nitrogen and oxygen atoms in total. The van der Waals surface area contributed by atoms with Crippen LogP contribution in [0.4, 0.5) is 11.4 Å². The minimum atomic E-state index is -0.852. The fourth-order valence-corrected chi connectivity index (χ4v) is 4.22. The second-order valence-electron chi connectivity index (χ2n) is 7.98. The molecule has 3 rings (SSSR count). The molecule has 9 heteroatoms. The number of carbonyl (C=O) groups is 1. The molecule has 1 aliphatic heterocycles. The summed E-state index contributed by atoms with van der Waals surface area (Å²) in [6.45, 7) is 8.08. The lowest BCUT2D eigenvalue weighted by molar-refractivity contribution is -0.137. The third-order valence-electron chi connectivity index (χ3n) is 5.75. The van der Waals surface area contributed by atoms with Gasteiger partial charge in [-0.2, -0.15) is 0 Å². The number of anilines is 2. The van der Waals surface area contributed by atoms with E-state index in [1.54, 1.807) is 19.5 Å². The van der Waals surface area contributed by atoms with Gasteiger partial charge < -0.3 is 24.6 Å². The van der Waals surface area contributed by atoms with Crippen LogP contribution in [0.25, 0.3) is 0 Å². The van der Waals surface area contributed by atoms with Crippen molar-refractivity contribution < 1.29 is 24.1 Å². The molecule has 0 saturated carbocycles. The van der Waals surface area contributed by atoms with E-state index < -0.39 is 5.97 Å². The maximum Gasteiger partial charge on any atom is 0.316 e. The Labute approximate surface area is 195 Å². The summed E-state index contributed by atoms with van der Waals surface area (Å²) in [6.07, 6.45) is 4.31. The van der Waals surface area contributed by atoms with Gasteiger partial charge in [-0.15, -0.1) is 0 Å². The summed E-state index contributed by atoms with van der Waals surface area (Å²) >= 11 is 0. The highest BCUT2D eigenvalue weighted by atomic mass is 16.5. The lowest BCUT2D eigenvalue weighted by Crippen LogP contribution is -2.39. The number of carboxylic acids is 1. The molecule has 1 aliphatic rings. The van der Waals surface area contributed by atoms with Crippen molar-refractivity contribution in [3.63, 3.8) is 0 Å². The van der Waals surface area contributed by atoms with Gasteiger partial charge in [0.25, 0.3) is 0 Å². The Hall–Kier alpha value is -2.75. The van der Waals surface area contributed by atoms with Crippen LogP contribution >= 0.6 is 0 Å². The Morgan fingerprint density at radius 1 is 1.24 bits per heavy atom. The largest absolute Gasteiger partial charge is 0.481 e. The van der Waals surface area contributed by atoms with Gasteiger partial charge >= 0.3 is 12.0 Å². The van der Waals surface area contributed by atoms with Crippen molar-refractivity contribution in [2.45, 2.75) is 38.6 Å². The lowest BCUT2D eigenvalue weighted by Gasteiger charge is -2.35. The van der Waals surface area contributed by atoms with Gasteiger partial charge in [0.1, 0.15) is 0 Å². The normalized spacial score (nSPS) is 16.2. The number of benzene rings is 1. The topological polar surface area (TPSA) is 106 Å². The predicted molar refractivity (Wildman–Crippen MR) is 125 cm³/mol. The van der Waals surface area contributed by atoms with E-state index in [4.69, 9.17) is 14.2 Å². The quantitative estimate of drug-likeness (QED) is 0.493. The van der Waals surface area contributed by atoms with Gasteiger partial charge in [0.15, 0.2) is 0 Å². The number of aliphatic carboxylic acids is 1. The Morgan fingerprint density at radius 3 is 2.58 bits per heavy atom. The summed E-state index contributed by atoms with van der Waals surface area (Å²) in [7, 11) is 1.59. The second kappa shape index (κ2) is 12.5. The zero-order valence-electron chi connectivity index (χ0n) is 19.6. The molecule has 1 fully saturated rings. The number of methoxy groups -OCH3 is 1. The summed E-state index contributed by atoms with van der Waals surface area (Å²) in [5.74, 6) is -1.10. The first kappa shape index (κ1) is 24.9. The molecule has 180 valence electrons. The molecule has 2 N–H and O–H groups in total. The maximum absolute atomic E-state index is 11.4. The van der Waals surface area contributed by atoms with Gasteiger partial charge in [-0.25, -0.2) is 9.97 Å². The number of hydrogen-bond acceptors (Lipinski definition) is 8. The van der Waals surface area contributed by atoms with Crippen LogP contribution in [0.3, 0.4) is 0 Å². The zero-order valence-corrected chi connectivity index (χ0v) is 19.6. The molecule has 0 radical (unpaired) electrons. The monoisotopic (exact) mass is 458 g/mol. The highest BCUT2D eigenvalue weighted by Crippen LogP contribution is 2.35. The third kappa shape index (κ3) is 6.86. The van der Waals surface area contributed by atoms with Crippen LogP contribution in [0.5, 0.6) is 6.01 Å². The lowest BCUT2D eigenvalue weighted by atomic mass is 9.91. The SMILES string of the molecule is CCOc1ncc(Nc2cc(C(COC)CC(=O)O)ccc2[C@H](CC)N2CCOCC2)cn1. The van der Waals surface area contributed by atoms with Gasteiger partial charge in [0.05, 0.1) is 50.9 Å². The molecule has 0 bridgehead atoms. The third-order valence-corrected chi connectivity index (χ3v) is 5.75. The number of nitrogens with zero attached hydrogens (tertiary/aromatic N) is 3. The number of hydrogen-bond donors (Lipinski definition) is 2. The molecule has 0 spiro atoms. The van der Waals surface area contributed by atoms with Crippen LogP contribution < -0.4 is 10.1 Å². The van der Waals surface area contributed by atoms with Crippen molar-refractivity contribution in [2.24, 2.45) is 0 Å². The molecule has 2 heterocycles. The first-order valence-electron chi connectivity index (χ1n) is 11.4. The average molecular weight is 459 g/mol. The van der Waals surface area contributed by atoms with Gasteiger partial charge in [-0.3, -0.25) is 9.69 Å². The zero-order chi connectivity index (χ0) is 23.6. The minimum absolute atomic E-state index is 0.000534. The maximum atomic E-state index is 11.4. The highest BCUT2D eigenvalue weighted by molar-refractivity contribution is 5.69. The summed E-state index contributed by atoms with van der Waals surface area (Å²) < 4.78 is 16.2. The molecular formula is C24H34N4O5.